The van der Waals surface area contributed by atoms with Gasteiger partial charge in [-0.05, 0) is 85.0 Å². The lowest BCUT2D eigenvalue weighted by atomic mass is 10.1. The Labute approximate surface area is 221 Å². The summed E-state index contributed by atoms with van der Waals surface area (Å²) in [6.07, 6.45) is 0.110. The van der Waals surface area contributed by atoms with E-state index in [0.717, 1.165) is 29.0 Å². The van der Waals surface area contributed by atoms with Crippen LogP contribution in [0.3, 0.4) is 0 Å². The Hall–Kier alpha value is -1.81. The Balaban J connectivity index is 2.25. The van der Waals surface area contributed by atoms with Crippen LogP contribution in [-0.2, 0) is 6.42 Å². The van der Waals surface area contributed by atoms with Crippen molar-refractivity contribution in [2.75, 3.05) is 6.54 Å². The molecule has 7 heteroatoms. The van der Waals surface area contributed by atoms with Crippen LogP contribution in [0.1, 0.15) is 65.7 Å². The Morgan fingerprint density at radius 3 is 1.67 bits per heavy atom. The van der Waals surface area contributed by atoms with Crippen molar-refractivity contribution < 1.29 is 19.1 Å². The molecule has 0 bridgehead atoms. The van der Waals surface area contributed by atoms with Gasteiger partial charge in [0.05, 0.1) is 6.10 Å². The molecule has 0 fully saturated rings. The van der Waals surface area contributed by atoms with Crippen LogP contribution in [0.4, 0.5) is 0 Å². The van der Waals surface area contributed by atoms with Crippen molar-refractivity contribution in [1.29, 1.82) is 0 Å². The number of aliphatic hydroxyl groups is 1. The summed E-state index contributed by atoms with van der Waals surface area (Å²) in [4.78, 5) is 0. The fraction of sp³-hybridized carbons (Fsp3) is 0.586. The molecule has 0 aliphatic carbocycles. The fourth-order valence-corrected chi connectivity index (χ4v) is 5.31. The van der Waals surface area contributed by atoms with E-state index in [1.54, 1.807) is 12.1 Å². The van der Waals surface area contributed by atoms with Gasteiger partial charge in [0.1, 0.15) is 17.2 Å². The second kappa shape index (κ2) is 11.3. The van der Waals surface area contributed by atoms with E-state index in [-0.39, 0.29) is 21.9 Å². The van der Waals surface area contributed by atoms with Gasteiger partial charge in [-0.2, -0.15) is 0 Å². The van der Waals surface area contributed by atoms with E-state index in [1.807, 2.05) is 30.3 Å². The molecule has 2 atom stereocenters. The van der Waals surface area contributed by atoms with Gasteiger partial charge < -0.3 is 24.4 Å². The summed E-state index contributed by atoms with van der Waals surface area (Å²) in [5, 5.41) is 24.2. The Morgan fingerprint density at radius 2 is 1.25 bits per heavy atom. The molecule has 0 aliphatic heterocycles. The monoisotopic (exact) mass is 531 g/mol. The Kier molecular flexibility index (Phi) is 9.54. The van der Waals surface area contributed by atoms with E-state index in [1.165, 1.54) is 0 Å². The molecular weight excluding hydrogens is 482 g/mol. The fourth-order valence-electron chi connectivity index (χ4n) is 3.29. The Bertz CT molecular complexity index is 946. The first-order valence-corrected chi connectivity index (χ1v) is 18.8. The molecule has 0 heterocycles. The van der Waals surface area contributed by atoms with Crippen molar-refractivity contribution in [3.8, 4) is 17.2 Å². The van der Waals surface area contributed by atoms with Crippen molar-refractivity contribution in [3.05, 3.63) is 53.6 Å². The van der Waals surface area contributed by atoms with Gasteiger partial charge in [0, 0.05) is 18.7 Å². The number of rotatable bonds is 10. The smallest absolute Gasteiger partial charge is 0.250 e. The number of hydrogen-bond donors (Lipinski definition) is 3. The summed E-state index contributed by atoms with van der Waals surface area (Å²) >= 11 is 0. The maximum Gasteiger partial charge on any atom is 0.250 e. The highest BCUT2D eigenvalue weighted by molar-refractivity contribution is 6.75. The summed E-state index contributed by atoms with van der Waals surface area (Å²) < 4.78 is 13.3. The van der Waals surface area contributed by atoms with Gasteiger partial charge in [-0.1, -0.05) is 53.7 Å². The predicted molar refractivity (Wildman–Crippen MR) is 156 cm³/mol. The molecule has 0 spiro atoms. The molecule has 5 nitrogen and oxygen atoms in total. The lowest BCUT2D eigenvalue weighted by Crippen LogP contribution is -2.44. The van der Waals surface area contributed by atoms with E-state index >= 15 is 0 Å². The zero-order valence-electron chi connectivity index (χ0n) is 24.3. The molecule has 0 saturated carbocycles. The number of aromatic hydroxyl groups is 1. The predicted octanol–water partition coefficient (Wildman–Crippen LogP) is 7.41. The van der Waals surface area contributed by atoms with Gasteiger partial charge in [-0.15, -0.1) is 0 Å². The molecule has 2 unspecified atom stereocenters. The Morgan fingerprint density at radius 1 is 0.806 bits per heavy atom. The van der Waals surface area contributed by atoms with E-state index in [9.17, 15) is 10.2 Å². The molecule has 202 valence electrons. The largest absolute Gasteiger partial charge is 0.543 e. The topological polar surface area (TPSA) is 71.0 Å². The second-order valence-electron chi connectivity index (χ2n) is 13.2. The number of nitrogens with one attached hydrogen (secondary N) is 1. The number of aliphatic hydroxyl groups excluding tert-OH is 1. The van der Waals surface area contributed by atoms with Gasteiger partial charge in [0.25, 0.3) is 0 Å². The van der Waals surface area contributed by atoms with Gasteiger partial charge in [0.2, 0.25) is 16.6 Å². The van der Waals surface area contributed by atoms with Crippen molar-refractivity contribution >= 4 is 16.6 Å². The minimum atomic E-state index is -2.06. The SMILES string of the molecule is CC(Cc1ccc(O)cc1)NCC(O)c1cc(O[Si](C)(C)C(C)(C)C)cc(O[Si](C)(C)C(C)(C)C)c1. The molecule has 2 rings (SSSR count). The van der Waals surface area contributed by atoms with E-state index in [4.69, 9.17) is 8.85 Å². The number of phenolic OH excluding ortho intramolecular Hbond substituents is 1. The zero-order valence-corrected chi connectivity index (χ0v) is 26.3. The van der Waals surface area contributed by atoms with Gasteiger partial charge >= 0.3 is 0 Å². The van der Waals surface area contributed by atoms with Crippen LogP contribution in [0.5, 0.6) is 17.2 Å². The molecule has 0 aromatic heterocycles. The van der Waals surface area contributed by atoms with Crippen molar-refractivity contribution in [2.45, 2.75) is 103 Å². The second-order valence-corrected chi connectivity index (χ2v) is 22.6. The average Bonchev–Trinajstić information content (AvgIpc) is 2.71. The lowest BCUT2D eigenvalue weighted by Gasteiger charge is -2.38. The number of phenols is 1. The average molecular weight is 532 g/mol. The van der Waals surface area contributed by atoms with E-state index in [2.05, 4.69) is 80.0 Å². The molecule has 2 aromatic rings. The highest BCUT2D eigenvalue weighted by atomic mass is 28.4. The molecular formula is C29H49NO4Si2. The van der Waals surface area contributed by atoms with Crippen LogP contribution >= 0.6 is 0 Å². The van der Waals surface area contributed by atoms with Crippen LogP contribution in [0, 0.1) is 0 Å². The summed E-state index contributed by atoms with van der Waals surface area (Å²) in [6, 6.07) is 13.4. The number of hydrogen-bond acceptors (Lipinski definition) is 5. The minimum absolute atomic E-state index is 0.0628. The minimum Gasteiger partial charge on any atom is -0.543 e. The van der Waals surface area contributed by atoms with Gasteiger partial charge in [-0.3, -0.25) is 0 Å². The van der Waals surface area contributed by atoms with Crippen LogP contribution in [0.2, 0.25) is 36.3 Å². The first-order valence-electron chi connectivity index (χ1n) is 13.0. The van der Waals surface area contributed by atoms with Crippen molar-refractivity contribution in [2.24, 2.45) is 0 Å². The molecule has 3 N–H and O–H groups in total. The van der Waals surface area contributed by atoms with Crippen molar-refractivity contribution in [3.63, 3.8) is 0 Å². The first-order chi connectivity index (χ1) is 16.3. The van der Waals surface area contributed by atoms with Crippen LogP contribution in [0.15, 0.2) is 42.5 Å². The maximum atomic E-state index is 11.2. The summed E-state index contributed by atoms with van der Waals surface area (Å²) in [5.74, 6) is 1.80. The van der Waals surface area contributed by atoms with Crippen molar-refractivity contribution in [1.82, 2.24) is 5.32 Å². The molecule has 2 aromatic carbocycles. The molecule has 36 heavy (non-hydrogen) atoms. The maximum absolute atomic E-state index is 11.2. The zero-order chi connectivity index (χ0) is 27.5. The van der Waals surface area contributed by atoms with Gasteiger partial charge in [0.15, 0.2) is 0 Å². The highest BCUT2D eigenvalue weighted by Crippen LogP contribution is 2.41. The molecule has 0 saturated heterocycles. The first kappa shape index (κ1) is 30.4. The highest BCUT2D eigenvalue weighted by Gasteiger charge is 2.40. The third-order valence-electron chi connectivity index (χ3n) is 7.78. The summed E-state index contributed by atoms with van der Waals surface area (Å²) in [7, 11) is -4.13. The molecule has 0 amide bonds. The summed E-state index contributed by atoms with van der Waals surface area (Å²) in [5.41, 5.74) is 1.93. The number of benzene rings is 2. The molecule has 0 radical (unpaired) electrons. The molecule has 0 aliphatic rings. The third-order valence-corrected chi connectivity index (χ3v) is 16.5. The van der Waals surface area contributed by atoms with E-state index in [0.29, 0.717) is 6.54 Å². The standard InChI is InChI=1S/C29H49NO4Si2/c1-21(16-22-12-14-24(31)15-13-22)30-20-27(32)23-17-25(33-35(8,9)28(2,3)4)19-26(18-23)34-36(10,11)29(5,6)7/h12-15,17-19,21,27,30-32H,16,20H2,1-11H3. The van der Waals surface area contributed by atoms with Crippen LogP contribution < -0.4 is 14.2 Å². The third kappa shape index (κ3) is 8.37. The lowest BCUT2D eigenvalue weighted by molar-refractivity contribution is 0.170. The quantitative estimate of drug-likeness (QED) is 0.278. The summed E-state index contributed by atoms with van der Waals surface area (Å²) in [6.45, 7) is 24.8. The van der Waals surface area contributed by atoms with Gasteiger partial charge in [-0.25, -0.2) is 0 Å². The van der Waals surface area contributed by atoms with Crippen LogP contribution in [-0.4, -0.2) is 39.4 Å². The normalized spacial score (nSPS) is 14.9. The van der Waals surface area contributed by atoms with E-state index < -0.39 is 22.7 Å². The van der Waals surface area contributed by atoms with Crippen LogP contribution in [0.25, 0.3) is 0 Å².